The summed E-state index contributed by atoms with van der Waals surface area (Å²) in [4.78, 5) is 14.1. The summed E-state index contributed by atoms with van der Waals surface area (Å²) < 4.78 is 5.48. The van der Waals surface area contributed by atoms with E-state index in [2.05, 4.69) is 12.1 Å². The number of amides is 1. The Kier molecular flexibility index (Phi) is 4.02. The van der Waals surface area contributed by atoms with Crippen LogP contribution in [0.3, 0.4) is 0 Å². The van der Waals surface area contributed by atoms with Crippen molar-refractivity contribution in [3.8, 4) is 17.2 Å². The van der Waals surface area contributed by atoms with Crippen LogP contribution < -0.4 is 0 Å². The minimum Gasteiger partial charge on any atom is -0.444 e. The molecule has 4 heteroatoms. The Balaban J connectivity index is 1.87. The van der Waals surface area contributed by atoms with Gasteiger partial charge in [0.15, 0.2) is 0 Å². The Bertz CT molecular complexity index is 811. The van der Waals surface area contributed by atoms with Gasteiger partial charge in [0.25, 0.3) is 0 Å². The maximum Gasteiger partial charge on any atom is 0.410 e. The van der Waals surface area contributed by atoms with Crippen molar-refractivity contribution in [2.75, 3.05) is 0 Å². The van der Waals surface area contributed by atoms with E-state index in [1.807, 2.05) is 57.2 Å². The second kappa shape index (κ2) is 6.01. The molecule has 0 spiro atoms. The van der Waals surface area contributed by atoms with E-state index in [1.54, 1.807) is 4.90 Å². The second-order valence-corrected chi connectivity index (χ2v) is 6.97. The lowest BCUT2D eigenvalue weighted by Crippen LogP contribution is -2.33. The molecule has 0 saturated carbocycles. The van der Waals surface area contributed by atoms with Crippen LogP contribution in [0.15, 0.2) is 42.5 Å². The lowest BCUT2D eigenvalue weighted by atomic mass is 9.96. The number of hydrogen-bond acceptors (Lipinski definition) is 3. The van der Waals surface area contributed by atoms with Crippen molar-refractivity contribution in [1.82, 2.24) is 4.90 Å². The highest BCUT2D eigenvalue weighted by atomic mass is 16.6. The van der Waals surface area contributed by atoms with E-state index in [1.165, 1.54) is 0 Å². The molecule has 1 aliphatic heterocycles. The standard InChI is InChI=1S/C20H20N2O2/c1-20(2,3)24-19(23)22-12-16-5-4-6-17(18(16)13-22)15-9-7-14(11-21)8-10-15/h4-10H,12-13H2,1-3H3. The lowest BCUT2D eigenvalue weighted by molar-refractivity contribution is 0.0242. The number of nitrogens with zero attached hydrogens (tertiary/aromatic N) is 2. The van der Waals surface area contributed by atoms with Gasteiger partial charge in [-0.05, 0) is 55.2 Å². The van der Waals surface area contributed by atoms with E-state index >= 15 is 0 Å². The smallest absolute Gasteiger partial charge is 0.410 e. The van der Waals surface area contributed by atoms with Gasteiger partial charge in [0.1, 0.15) is 5.60 Å². The number of fused-ring (bicyclic) bond motifs is 1. The Morgan fingerprint density at radius 1 is 1.12 bits per heavy atom. The molecule has 0 bridgehead atoms. The van der Waals surface area contributed by atoms with Gasteiger partial charge in [-0.2, -0.15) is 5.26 Å². The first-order valence-corrected chi connectivity index (χ1v) is 7.96. The van der Waals surface area contributed by atoms with Gasteiger partial charge < -0.3 is 4.74 Å². The summed E-state index contributed by atoms with van der Waals surface area (Å²) in [6, 6.07) is 15.8. The highest BCUT2D eigenvalue weighted by Gasteiger charge is 2.29. The first-order valence-electron chi connectivity index (χ1n) is 7.96. The second-order valence-electron chi connectivity index (χ2n) is 6.97. The molecule has 0 N–H and O–H groups in total. The van der Waals surface area contributed by atoms with Crippen LogP contribution in [0.1, 0.15) is 37.5 Å². The van der Waals surface area contributed by atoms with Crippen LogP contribution in [0, 0.1) is 11.3 Å². The van der Waals surface area contributed by atoms with Crippen LogP contribution in [0.2, 0.25) is 0 Å². The summed E-state index contributed by atoms with van der Waals surface area (Å²) in [5, 5.41) is 8.93. The van der Waals surface area contributed by atoms with Gasteiger partial charge in [-0.15, -0.1) is 0 Å². The molecule has 122 valence electrons. The molecular formula is C20H20N2O2. The summed E-state index contributed by atoms with van der Waals surface area (Å²) in [5.74, 6) is 0. The number of hydrogen-bond donors (Lipinski definition) is 0. The Morgan fingerprint density at radius 2 is 1.83 bits per heavy atom. The minimum absolute atomic E-state index is 0.288. The number of carbonyl (C=O) groups excluding carboxylic acids is 1. The normalized spacial score (nSPS) is 13.3. The van der Waals surface area contributed by atoms with E-state index in [-0.39, 0.29) is 6.09 Å². The molecule has 0 radical (unpaired) electrons. The lowest BCUT2D eigenvalue weighted by Gasteiger charge is -2.24. The van der Waals surface area contributed by atoms with E-state index in [0.29, 0.717) is 18.7 Å². The molecule has 3 rings (SSSR count). The number of rotatable bonds is 1. The van der Waals surface area contributed by atoms with Crippen molar-refractivity contribution in [1.29, 1.82) is 5.26 Å². The molecule has 0 saturated heterocycles. The van der Waals surface area contributed by atoms with Gasteiger partial charge in [0.05, 0.1) is 18.2 Å². The van der Waals surface area contributed by atoms with Crippen molar-refractivity contribution >= 4 is 6.09 Å². The number of ether oxygens (including phenoxy) is 1. The fraction of sp³-hybridized carbons (Fsp3) is 0.300. The molecule has 2 aromatic carbocycles. The van der Waals surface area contributed by atoms with Crippen LogP contribution in [-0.4, -0.2) is 16.6 Å². The molecule has 0 fully saturated rings. The van der Waals surface area contributed by atoms with Crippen LogP contribution in [0.25, 0.3) is 11.1 Å². The van der Waals surface area contributed by atoms with Crippen LogP contribution in [0.4, 0.5) is 4.79 Å². The molecule has 1 amide bonds. The van der Waals surface area contributed by atoms with E-state index in [0.717, 1.165) is 22.3 Å². The molecule has 4 nitrogen and oxygen atoms in total. The highest BCUT2D eigenvalue weighted by Crippen LogP contribution is 2.33. The van der Waals surface area contributed by atoms with Gasteiger partial charge >= 0.3 is 6.09 Å². The highest BCUT2D eigenvalue weighted by molar-refractivity contribution is 5.74. The maximum atomic E-state index is 12.3. The number of nitriles is 1. The number of carbonyl (C=O) groups is 1. The zero-order valence-corrected chi connectivity index (χ0v) is 14.2. The third-order valence-corrected chi connectivity index (χ3v) is 3.96. The molecule has 0 aromatic heterocycles. The molecular weight excluding hydrogens is 300 g/mol. The molecule has 0 atom stereocenters. The van der Waals surface area contributed by atoms with Gasteiger partial charge in [-0.1, -0.05) is 30.3 Å². The number of benzene rings is 2. The first kappa shape index (κ1) is 16.1. The predicted octanol–water partition coefficient (Wildman–Crippen LogP) is 4.48. The third-order valence-electron chi connectivity index (χ3n) is 3.96. The van der Waals surface area contributed by atoms with Crippen molar-refractivity contribution < 1.29 is 9.53 Å². The van der Waals surface area contributed by atoms with E-state index < -0.39 is 5.60 Å². The molecule has 1 aliphatic rings. The average Bonchev–Trinajstić information content (AvgIpc) is 2.97. The third kappa shape index (κ3) is 3.26. The van der Waals surface area contributed by atoms with Crippen molar-refractivity contribution in [3.05, 3.63) is 59.2 Å². The van der Waals surface area contributed by atoms with Crippen LogP contribution in [-0.2, 0) is 17.8 Å². The zero-order valence-electron chi connectivity index (χ0n) is 14.2. The van der Waals surface area contributed by atoms with Crippen molar-refractivity contribution in [3.63, 3.8) is 0 Å². The van der Waals surface area contributed by atoms with Crippen LogP contribution in [0.5, 0.6) is 0 Å². The fourth-order valence-corrected chi connectivity index (χ4v) is 2.87. The largest absolute Gasteiger partial charge is 0.444 e. The molecule has 2 aromatic rings. The summed E-state index contributed by atoms with van der Waals surface area (Å²) in [6.07, 6.45) is -0.288. The summed E-state index contributed by atoms with van der Waals surface area (Å²) in [7, 11) is 0. The fourth-order valence-electron chi connectivity index (χ4n) is 2.87. The monoisotopic (exact) mass is 320 g/mol. The van der Waals surface area contributed by atoms with Gasteiger partial charge in [0.2, 0.25) is 0 Å². The zero-order chi connectivity index (χ0) is 17.3. The maximum absolute atomic E-state index is 12.3. The SMILES string of the molecule is CC(C)(C)OC(=O)N1Cc2cccc(-c3ccc(C#N)cc3)c2C1. The predicted molar refractivity (Wildman–Crippen MR) is 92.1 cm³/mol. The van der Waals surface area contributed by atoms with Crippen LogP contribution >= 0.6 is 0 Å². The van der Waals surface area contributed by atoms with Crippen molar-refractivity contribution in [2.45, 2.75) is 39.5 Å². The quantitative estimate of drug-likeness (QED) is 0.778. The van der Waals surface area contributed by atoms with Gasteiger partial charge in [-0.3, -0.25) is 4.90 Å². The summed E-state index contributed by atoms with van der Waals surface area (Å²) in [5.41, 5.74) is 4.58. The molecule has 24 heavy (non-hydrogen) atoms. The van der Waals surface area contributed by atoms with Gasteiger partial charge in [0, 0.05) is 6.54 Å². The van der Waals surface area contributed by atoms with E-state index in [4.69, 9.17) is 10.00 Å². The Morgan fingerprint density at radius 3 is 2.46 bits per heavy atom. The summed E-state index contributed by atoms with van der Waals surface area (Å²) >= 11 is 0. The molecule has 1 heterocycles. The Labute approximate surface area is 142 Å². The van der Waals surface area contributed by atoms with Gasteiger partial charge in [-0.25, -0.2) is 4.79 Å². The van der Waals surface area contributed by atoms with Crippen molar-refractivity contribution in [2.24, 2.45) is 0 Å². The molecule has 0 unspecified atom stereocenters. The topological polar surface area (TPSA) is 53.3 Å². The first-order chi connectivity index (χ1) is 11.4. The molecule has 0 aliphatic carbocycles. The Hall–Kier alpha value is -2.80. The minimum atomic E-state index is -0.498. The average molecular weight is 320 g/mol. The van der Waals surface area contributed by atoms with E-state index in [9.17, 15) is 4.79 Å². The summed E-state index contributed by atoms with van der Waals surface area (Å²) in [6.45, 7) is 6.72.